The molecular formula is C19H24F3N7O4. The summed E-state index contributed by atoms with van der Waals surface area (Å²) in [7, 11) is 0. The smallest absolute Gasteiger partial charge is 0.475 e. The highest BCUT2D eigenvalue weighted by Gasteiger charge is 2.38. The number of amides is 1. The summed E-state index contributed by atoms with van der Waals surface area (Å²) in [6.45, 7) is 1.02. The molecule has 0 aliphatic rings. The molecule has 0 bridgehead atoms. The van der Waals surface area contributed by atoms with Gasteiger partial charge < -0.3 is 36.9 Å². The average Bonchev–Trinajstić information content (AvgIpc) is 3.19. The topological polar surface area (TPSA) is 203 Å². The monoisotopic (exact) mass is 471 g/mol. The van der Waals surface area contributed by atoms with Crippen molar-refractivity contribution in [1.29, 1.82) is 10.8 Å². The second kappa shape index (κ2) is 12.6. The fraction of sp³-hybridized carbons (Fsp3) is 0.263. The number of benzene rings is 1. The number of guanidine groups is 2. The van der Waals surface area contributed by atoms with E-state index < -0.39 is 12.1 Å². The second-order valence-electron chi connectivity index (χ2n) is 6.43. The highest BCUT2D eigenvalue weighted by molar-refractivity contribution is 6.02. The third kappa shape index (κ3) is 11.1. The Balaban J connectivity index is 0.000000675. The van der Waals surface area contributed by atoms with Gasteiger partial charge in [0, 0.05) is 25.2 Å². The molecular weight excluding hydrogens is 447 g/mol. The van der Waals surface area contributed by atoms with Crippen molar-refractivity contribution in [1.82, 2.24) is 10.6 Å². The van der Waals surface area contributed by atoms with Crippen LogP contribution in [0.3, 0.4) is 0 Å². The number of carbonyl (C=O) groups excluding carboxylic acids is 1. The van der Waals surface area contributed by atoms with E-state index in [1.807, 2.05) is 12.1 Å². The Hall–Kier alpha value is -4.23. The van der Waals surface area contributed by atoms with Crippen LogP contribution < -0.4 is 27.4 Å². The maximum absolute atomic E-state index is 12.2. The van der Waals surface area contributed by atoms with Gasteiger partial charge in [0.15, 0.2) is 17.7 Å². The molecule has 0 unspecified atom stereocenters. The number of alkyl halides is 3. The Morgan fingerprint density at radius 3 is 2.09 bits per heavy atom. The van der Waals surface area contributed by atoms with Gasteiger partial charge in [0.05, 0.1) is 0 Å². The number of aryl methyl sites for hydroxylation is 1. The van der Waals surface area contributed by atoms with Crippen molar-refractivity contribution < 1.29 is 32.3 Å². The molecule has 0 aliphatic carbocycles. The van der Waals surface area contributed by atoms with Gasteiger partial charge in [-0.15, -0.1) is 0 Å². The van der Waals surface area contributed by atoms with Crippen molar-refractivity contribution in [3.8, 4) is 0 Å². The highest BCUT2D eigenvalue weighted by Crippen LogP contribution is 2.15. The fourth-order valence-electron chi connectivity index (χ4n) is 2.22. The summed E-state index contributed by atoms with van der Waals surface area (Å²) < 4.78 is 37.3. The zero-order valence-corrected chi connectivity index (χ0v) is 17.3. The molecule has 2 rings (SSSR count). The summed E-state index contributed by atoms with van der Waals surface area (Å²) in [6, 6.07) is 10.6. The molecule has 1 aromatic heterocycles. The predicted octanol–water partition coefficient (Wildman–Crippen LogP) is 1.56. The maximum Gasteiger partial charge on any atom is 0.490 e. The normalized spacial score (nSPS) is 10.4. The molecule has 0 fully saturated rings. The number of halogens is 3. The van der Waals surface area contributed by atoms with E-state index in [9.17, 15) is 18.0 Å². The highest BCUT2D eigenvalue weighted by atomic mass is 19.4. The van der Waals surface area contributed by atoms with Crippen LogP contribution in [0, 0.1) is 10.8 Å². The average molecular weight is 471 g/mol. The lowest BCUT2D eigenvalue weighted by atomic mass is 10.2. The molecule has 0 saturated heterocycles. The maximum atomic E-state index is 12.2. The minimum atomic E-state index is -5.08. The Kier molecular flexibility index (Phi) is 10.2. The minimum Gasteiger partial charge on any atom is -0.475 e. The van der Waals surface area contributed by atoms with Gasteiger partial charge in [-0.05, 0) is 36.2 Å². The molecule has 1 aromatic carbocycles. The third-order valence-electron chi connectivity index (χ3n) is 3.74. The van der Waals surface area contributed by atoms with Gasteiger partial charge in [-0.25, -0.2) is 4.79 Å². The Morgan fingerprint density at radius 1 is 1.00 bits per heavy atom. The van der Waals surface area contributed by atoms with E-state index in [4.69, 9.17) is 36.6 Å². The van der Waals surface area contributed by atoms with Crippen LogP contribution in [0.4, 0.5) is 18.9 Å². The number of carboxylic acids is 1. The summed E-state index contributed by atoms with van der Waals surface area (Å²) in [5.41, 5.74) is 12.0. The Morgan fingerprint density at radius 2 is 1.58 bits per heavy atom. The number of carboxylic acid groups (broad SMARTS) is 1. The largest absolute Gasteiger partial charge is 0.490 e. The zero-order chi connectivity index (χ0) is 25.0. The van der Waals surface area contributed by atoms with Crippen molar-refractivity contribution in [2.24, 2.45) is 11.5 Å². The molecule has 0 radical (unpaired) electrons. The van der Waals surface area contributed by atoms with E-state index in [1.165, 1.54) is 0 Å². The van der Waals surface area contributed by atoms with E-state index in [-0.39, 0.29) is 23.6 Å². The molecule has 2 aromatic rings. The molecule has 0 aliphatic heterocycles. The number of hydrogen-bond acceptors (Lipinski definition) is 5. The summed E-state index contributed by atoms with van der Waals surface area (Å²) in [5.74, 6) is -2.30. The van der Waals surface area contributed by atoms with Gasteiger partial charge in [0.1, 0.15) is 5.76 Å². The lowest BCUT2D eigenvalue weighted by Gasteiger charge is -2.06. The Labute approximate surface area is 186 Å². The number of carbonyl (C=O) groups is 2. The summed E-state index contributed by atoms with van der Waals surface area (Å²) in [6.07, 6.45) is -3.70. The fourth-order valence-corrected chi connectivity index (χ4v) is 2.22. The first-order chi connectivity index (χ1) is 15.4. The molecule has 0 saturated carbocycles. The molecule has 33 heavy (non-hydrogen) atoms. The summed E-state index contributed by atoms with van der Waals surface area (Å²) >= 11 is 0. The third-order valence-corrected chi connectivity index (χ3v) is 3.74. The van der Waals surface area contributed by atoms with Crippen LogP contribution in [-0.4, -0.2) is 41.6 Å². The molecule has 180 valence electrons. The Bertz CT molecular complexity index is 959. The van der Waals surface area contributed by atoms with E-state index in [2.05, 4.69) is 16.0 Å². The van der Waals surface area contributed by atoms with Crippen LogP contribution in [0.1, 0.15) is 28.3 Å². The molecule has 14 heteroatoms. The standard InChI is InChI=1S/C17H23N7O2.C2HF3O2/c18-16(19)22-9-1-2-13-7-8-14(26-13)15(25)24-12-5-3-11(4-6-12)10-23-17(20)21;3-2(4,5)1(6)7/h3-8H,1-2,9-10H2,(H,24,25)(H4,18,19,22)(H4,20,21,23);(H,6,7). The van der Waals surface area contributed by atoms with Crippen LogP contribution in [0.25, 0.3) is 0 Å². The first kappa shape index (κ1) is 26.8. The van der Waals surface area contributed by atoms with Crippen molar-refractivity contribution in [3.05, 3.63) is 53.5 Å². The quantitative estimate of drug-likeness (QED) is 0.161. The van der Waals surface area contributed by atoms with E-state index >= 15 is 0 Å². The molecule has 0 atom stereocenters. The van der Waals surface area contributed by atoms with Crippen LogP contribution in [0.5, 0.6) is 0 Å². The van der Waals surface area contributed by atoms with E-state index in [0.717, 1.165) is 12.0 Å². The van der Waals surface area contributed by atoms with Crippen molar-refractivity contribution in [3.63, 3.8) is 0 Å². The summed E-state index contributed by atoms with van der Waals surface area (Å²) in [5, 5.41) is 29.5. The number of hydrogen-bond donors (Lipinski definition) is 8. The van der Waals surface area contributed by atoms with Crippen molar-refractivity contribution in [2.75, 3.05) is 11.9 Å². The molecule has 11 nitrogen and oxygen atoms in total. The summed E-state index contributed by atoms with van der Waals surface area (Å²) in [4.78, 5) is 21.1. The van der Waals surface area contributed by atoms with E-state index in [1.54, 1.807) is 24.3 Å². The first-order valence-electron chi connectivity index (χ1n) is 9.33. The lowest BCUT2D eigenvalue weighted by Crippen LogP contribution is -2.31. The van der Waals surface area contributed by atoms with Gasteiger partial charge in [-0.3, -0.25) is 15.6 Å². The number of anilines is 1. The van der Waals surface area contributed by atoms with Gasteiger partial charge in [-0.2, -0.15) is 13.2 Å². The predicted molar refractivity (Wildman–Crippen MR) is 114 cm³/mol. The van der Waals surface area contributed by atoms with Crippen molar-refractivity contribution in [2.45, 2.75) is 25.6 Å². The lowest BCUT2D eigenvalue weighted by molar-refractivity contribution is -0.192. The van der Waals surface area contributed by atoms with Gasteiger partial charge in [0.2, 0.25) is 0 Å². The zero-order valence-electron chi connectivity index (χ0n) is 17.3. The van der Waals surface area contributed by atoms with E-state index in [0.29, 0.717) is 31.0 Å². The number of aliphatic carboxylic acids is 1. The van der Waals surface area contributed by atoms with Crippen LogP contribution in [0.15, 0.2) is 40.8 Å². The van der Waals surface area contributed by atoms with Gasteiger partial charge >= 0.3 is 12.1 Å². The van der Waals surface area contributed by atoms with Crippen LogP contribution >= 0.6 is 0 Å². The number of nitrogens with one attached hydrogen (secondary N) is 5. The van der Waals surface area contributed by atoms with Crippen LogP contribution in [0.2, 0.25) is 0 Å². The number of furan rings is 1. The molecule has 1 amide bonds. The SMILES string of the molecule is N=C(N)NCCCc1ccc(C(=O)Nc2ccc(CNC(=N)N)cc2)o1.O=C(O)C(F)(F)F. The van der Waals surface area contributed by atoms with Crippen LogP contribution in [-0.2, 0) is 17.8 Å². The first-order valence-corrected chi connectivity index (χ1v) is 9.33. The molecule has 10 N–H and O–H groups in total. The second-order valence-corrected chi connectivity index (χ2v) is 6.43. The molecule has 0 spiro atoms. The van der Waals surface area contributed by atoms with Crippen molar-refractivity contribution >= 4 is 29.5 Å². The number of rotatable bonds is 8. The molecule has 1 heterocycles. The minimum absolute atomic E-state index is 0.0624. The number of nitrogens with two attached hydrogens (primary N) is 2. The van der Waals surface area contributed by atoms with Gasteiger partial charge in [-0.1, -0.05) is 12.1 Å². The van der Waals surface area contributed by atoms with Gasteiger partial charge in [0.25, 0.3) is 5.91 Å².